The van der Waals surface area contributed by atoms with E-state index in [1.54, 1.807) is 6.20 Å². The van der Waals surface area contributed by atoms with Gasteiger partial charge in [-0.1, -0.05) is 0 Å². The zero-order valence-corrected chi connectivity index (χ0v) is 17.0. The molecule has 3 N–H and O–H groups in total. The minimum atomic E-state index is -0.895. The summed E-state index contributed by atoms with van der Waals surface area (Å²) in [6, 6.07) is 3.09. The zero-order valence-electron chi connectivity index (χ0n) is 16.1. The first-order valence-electron chi connectivity index (χ1n) is 9.71. The summed E-state index contributed by atoms with van der Waals surface area (Å²) in [6.07, 6.45) is 3.86. The van der Waals surface area contributed by atoms with Crippen molar-refractivity contribution in [2.24, 2.45) is 5.92 Å². The minimum absolute atomic E-state index is 0.241. The number of aliphatic hydroxyl groups is 1. The summed E-state index contributed by atoms with van der Waals surface area (Å²) in [5, 5.41) is 19.1. The SMILES string of the molecule is C[C@H](Nc1nc(C(O)NCC2CCOCC2)c2sccc2n1)c1cncc(F)c1. The lowest BCUT2D eigenvalue weighted by Gasteiger charge is -2.24. The molecular weight excluding hydrogens is 393 g/mol. The third kappa shape index (κ3) is 4.87. The molecule has 0 aliphatic carbocycles. The second-order valence-electron chi connectivity index (χ2n) is 7.24. The number of pyridine rings is 1. The number of aliphatic hydroxyl groups excluding tert-OH is 1. The Morgan fingerprint density at radius 1 is 1.31 bits per heavy atom. The van der Waals surface area contributed by atoms with E-state index in [9.17, 15) is 9.50 Å². The number of anilines is 1. The van der Waals surface area contributed by atoms with Crippen molar-refractivity contribution in [1.29, 1.82) is 0 Å². The van der Waals surface area contributed by atoms with Gasteiger partial charge in [-0.15, -0.1) is 11.3 Å². The van der Waals surface area contributed by atoms with Crippen LogP contribution in [0.4, 0.5) is 10.3 Å². The number of fused-ring (bicyclic) bond motifs is 1. The van der Waals surface area contributed by atoms with E-state index in [2.05, 4.69) is 25.6 Å². The van der Waals surface area contributed by atoms with Gasteiger partial charge in [0.1, 0.15) is 17.7 Å². The lowest BCUT2D eigenvalue weighted by atomic mass is 10.0. The van der Waals surface area contributed by atoms with E-state index in [1.165, 1.54) is 23.6 Å². The molecule has 29 heavy (non-hydrogen) atoms. The number of halogens is 1. The molecule has 1 aliphatic heterocycles. The number of nitrogens with one attached hydrogen (secondary N) is 2. The van der Waals surface area contributed by atoms with Gasteiger partial charge in [0.15, 0.2) is 0 Å². The Labute approximate surface area is 172 Å². The van der Waals surface area contributed by atoms with Crippen LogP contribution in [0.1, 0.15) is 43.3 Å². The molecule has 154 valence electrons. The summed E-state index contributed by atoms with van der Waals surface area (Å²) in [5.74, 6) is 0.477. The van der Waals surface area contributed by atoms with E-state index in [0.717, 1.165) is 36.3 Å². The van der Waals surface area contributed by atoms with Crippen LogP contribution < -0.4 is 10.6 Å². The van der Waals surface area contributed by atoms with Gasteiger partial charge in [-0.2, -0.15) is 0 Å². The van der Waals surface area contributed by atoms with Gasteiger partial charge in [0, 0.05) is 26.0 Å². The third-order valence-corrected chi connectivity index (χ3v) is 6.03. The average molecular weight is 418 g/mol. The number of hydrogen-bond donors (Lipinski definition) is 3. The maximum atomic E-state index is 13.5. The van der Waals surface area contributed by atoms with Crippen molar-refractivity contribution >= 4 is 27.5 Å². The largest absolute Gasteiger partial charge is 0.381 e. The molecule has 3 aromatic heterocycles. The van der Waals surface area contributed by atoms with Crippen LogP contribution in [0.2, 0.25) is 0 Å². The molecule has 3 aromatic rings. The number of aromatic nitrogens is 3. The molecule has 0 saturated carbocycles. The molecule has 0 bridgehead atoms. The first-order chi connectivity index (χ1) is 14.1. The zero-order chi connectivity index (χ0) is 20.2. The highest BCUT2D eigenvalue weighted by atomic mass is 32.1. The third-order valence-electron chi connectivity index (χ3n) is 5.10. The Bertz CT molecular complexity index is 963. The molecule has 9 heteroatoms. The van der Waals surface area contributed by atoms with Crippen LogP contribution in [0.15, 0.2) is 29.9 Å². The van der Waals surface area contributed by atoms with Crippen molar-refractivity contribution < 1.29 is 14.2 Å². The molecule has 1 fully saturated rings. The maximum absolute atomic E-state index is 13.5. The molecule has 0 aromatic carbocycles. The van der Waals surface area contributed by atoms with Gasteiger partial charge in [-0.05, 0) is 48.8 Å². The Hall–Kier alpha value is -2.20. The Morgan fingerprint density at radius 2 is 2.14 bits per heavy atom. The van der Waals surface area contributed by atoms with Crippen LogP contribution in [-0.4, -0.2) is 39.8 Å². The highest BCUT2D eigenvalue weighted by Gasteiger charge is 2.20. The monoisotopic (exact) mass is 417 g/mol. The van der Waals surface area contributed by atoms with Crippen LogP contribution in [0.25, 0.3) is 10.2 Å². The van der Waals surface area contributed by atoms with Crippen molar-refractivity contribution in [1.82, 2.24) is 20.3 Å². The molecule has 2 atom stereocenters. The fraction of sp³-hybridized carbons (Fsp3) is 0.450. The van der Waals surface area contributed by atoms with Crippen LogP contribution >= 0.6 is 11.3 Å². The van der Waals surface area contributed by atoms with Gasteiger partial charge in [-0.25, -0.2) is 14.4 Å². The van der Waals surface area contributed by atoms with Gasteiger partial charge >= 0.3 is 0 Å². The van der Waals surface area contributed by atoms with Gasteiger partial charge in [-0.3, -0.25) is 10.3 Å². The molecule has 4 heterocycles. The van der Waals surface area contributed by atoms with E-state index in [-0.39, 0.29) is 6.04 Å². The number of rotatable bonds is 7. The number of hydrogen-bond acceptors (Lipinski definition) is 8. The normalized spacial score (nSPS) is 17.3. The van der Waals surface area contributed by atoms with Crippen molar-refractivity contribution in [3.8, 4) is 0 Å². The smallest absolute Gasteiger partial charge is 0.224 e. The number of nitrogens with zero attached hydrogens (tertiary/aromatic N) is 3. The molecular formula is C20H24FN5O2S. The fourth-order valence-corrected chi connectivity index (χ4v) is 4.25. The standard InChI is InChI=1S/C20H24FN5O2S/c1-12(14-8-15(21)11-22-10-14)24-20-25-16-4-7-29-18(16)17(26-20)19(27)23-9-13-2-5-28-6-3-13/h4,7-8,10-13,19,23,27H,2-3,5-6,9H2,1H3,(H,24,25,26)/t12-,19?/m0/s1. The van der Waals surface area contributed by atoms with Crippen molar-refractivity contribution in [3.05, 3.63) is 47.0 Å². The summed E-state index contributed by atoms with van der Waals surface area (Å²) in [7, 11) is 0. The predicted molar refractivity (Wildman–Crippen MR) is 110 cm³/mol. The summed E-state index contributed by atoms with van der Waals surface area (Å²) in [5.41, 5.74) is 2.00. The molecule has 1 aliphatic rings. The van der Waals surface area contributed by atoms with Gasteiger partial charge in [0.05, 0.1) is 22.5 Å². The molecule has 7 nitrogen and oxygen atoms in total. The second kappa shape index (κ2) is 9.08. The lowest BCUT2D eigenvalue weighted by molar-refractivity contribution is 0.0565. The average Bonchev–Trinajstić information content (AvgIpc) is 3.21. The van der Waals surface area contributed by atoms with E-state index < -0.39 is 12.0 Å². The van der Waals surface area contributed by atoms with Gasteiger partial charge in [0.25, 0.3) is 0 Å². The van der Waals surface area contributed by atoms with Crippen LogP contribution in [0.5, 0.6) is 0 Å². The maximum Gasteiger partial charge on any atom is 0.224 e. The van der Waals surface area contributed by atoms with Crippen molar-refractivity contribution in [2.45, 2.75) is 32.0 Å². The van der Waals surface area contributed by atoms with Crippen LogP contribution in [0.3, 0.4) is 0 Å². The molecule has 1 unspecified atom stereocenters. The molecule has 0 radical (unpaired) electrons. The van der Waals surface area contributed by atoms with Gasteiger partial charge in [0.2, 0.25) is 5.95 Å². The minimum Gasteiger partial charge on any atom is -0.381 e. The quantitative estimate of drug-likeness (QED) is 0.508. The number of thiophene rings is 1. The summed E-state index contributed by atoms with van der Waals surface area (Å²) in [6.45, 7) is 4.13. The van der Waals surface area contributed by atoms with Crippen LogP contribution in [-0.2, 0) is 4.74 Å². The van der Waals surface area contributed by atoms with E-state index >= 15 is 0 Å². The van der Waals surface area contributed by atoms with Crippen molar-refractivity contribution in [2.75, 3.05) is 25.1 Å². The molecule has 1 saturated heterocycles. The summed E-state index contributed by atoms with van der Waals surface area (Å²) in [4.78, 5) is 13.0. The number of ether oxygens (including phenoxy) is 1. The summed E-state index contributed by atoms with van der Waals surface area (Å²) < 4.78 is 19.7. The lowest BCUT2D eigenvalue weighted by Crippen LogP contribution is -2.31. The fourth-order valence-electron chi connectivity index (χ4n) is 3.40. The summed E-state index contributed by atoms with van der Waals surface area (Å²) >= 11 is 1.50. The molecule has 0 amide bonds. The van der Waals surface area contributed by atoms with E-state index in [0.29, 0.717) is 29.7 Å². The predicted octanol–water partition coefficient (Wildman–Crippen LogP) is 3.41. The molecule has 4 rings (SSSR count). The van der Waals surface area contributed by atoms with Crippen LogP contribution in [0, 0.1) is 11.7 Å². The second-order valence-corrected chi connectivity index (χ2v) is 8.15. The Morgan fingerprint density at radius 3 is 2.93 bits per heavy atom. The topological polar surface area (TPSA) is 92.2 Å². The van der Waals surface area contributed by atoms with E-state index in [1.807, 2.05) is 18.4 Å². The van der Waals surface area contributed by atoms with E-state index in [4.69, 9.17) is 4.74 Å². The molecule has 0 spiro atoms. The Kier molecular flexibility index (Phi) is 6.29. The Balaban J connectivity index is 1.51. The highest BCUT2D eigenvalue weighted by molar-refractivity contribution is 7.17. The van der Waals surface area contributed by atoms with Gasteiger partial charge < -0.3 is 15.2 Å². The first-order valence-corrected chi connectivity index (χ1v) is 10.6. The first kappa shape index (κ1) is 20.1. The van der Waals surface area contributed by atoms with Crippen molar-refractivity contribution in [3.63, 3.8) is 0 Å². The highest BCUT2D eigenvalue weighted by Crippen LogP contribution is 2.28.